The molecule has 0 aromatic carbocycles. The summed E-state index contributed by atoms with van der Waals surface area (Å²) in [4.78, 5) is 0. The normalized spacial score (nSPS) is 12.9. The van der Waals surface area contributed by atoms with Crippen molar-refractivity contribution in [1.29, 1.82) is 0 Å². The lowest BCUT2D eigenvalue weighted by Crippen LogP contribution is -2.17. The molecule has 2 heterocycles. The molecular formula is C11H14ClN3O. The summed E-state index contributed by atoms with van der Waals surface area (Å²) in [6.07, 6.45) is 2.76. The van der Waals surface area contributed by atoms with Crippen LogP contribution in [0.3, 0.4) is 0 Å². The Kier molecular flexibility index (Phi) is 3.31. The van der Waals surface area contributed by atoms with Crippen molar-refractivity contribution in [2.45, 2.75) is 25.9 Å². The topological polar surface area (TPSA) is 57.0 Å². The minimum atomic E-state index is -0.318. The molecule has 0 aliphatic heterocycles. The molecule has 86 valence electrons. The van der Waals surface area contributed by atoms with Crippen molar-refractivity contribution in [3.8, 4) is 0 Å². The number of hydrogen-bond acceptors (Lipinski definition) is 3. The van der Waals surface area contributed by atoms with E-state index in [1.165, 1.54) is 0 Å². The summed E-state index contributed by atoms with van der Waals surface area (Å²) >= 11 is 5.72. The van der Waals surface area contributed by atoms with E-state index in [2.05, 4.69) is 12.0 Å². The van der Waals surface area contributed by atoms with Crippen LogP contribution in [-0.2, 0) is 6.54 Å². The summed E-state index contributed by atoms with van der Waals surface area (Å²) in [6.45, 7) is 2.95. The van der Waals surface area contributed by atoms with Crippen LogP contribution in [0.4, 0.5) is 0 Å². The molecule has 0 radical (unpaired) electrons. The predicted molar refractivity (Wildman–Crippen MR) is 62.3 cm³/mol. The summed E-state index contributed by atoms with van der Waals surface area (Å²) in [7, 11) is 0. The van der Waals surface area contributed by atoms with Gasteiger partial charge >= 0.3 is 0 Å². The number of aryl methyl sites for hydroxylation is 1. The molecule has 16 heavy (non-hydrogen) atoms. The Balaban J connectivity index is 2.26. The van der Waals surface area contributed by atoms with Crippen molar-refractivity contribution in [1.82, 2.24) is 9.78 Å². The van der Waals surface area contributed by atoms with Crippen LogP contribution in [0.15, 0.2) is 28.8 Å². The highest BCUT2D eigenvalue weighted by molar-refractivity contribution is 6.28. The van der Waals surface area contributed by atoms with Crippen LogP contribution in [0.2, 0.25) is 5.22 Å². The van der Waals surface area contributed by atoms with Crippen molar-refractivity contribution >= 4 is 11.6 Å². The maximum atomic E-state index is 6.09. The third-order valence-electron chi connectivity index (χ3n) is 2.40. The first-order valence-corrected chi connectivity index (χ1v) is 5.62. The second-order valence-electron chi connectivity index (χ2n) is 3.60. The van der Waals surface area contributed by atoms with Crippen LogP contribution in [0, 0.1) is 0 Å². The van der Waals surface area contributed by atoms with E-state index in [4.69, 9.17) is 21.8 Å². The van der Waals surface area contributed by atoms with E-state index in [-0.39, 0.29) is 6.04 Å². The Hall–Kier alpha value is -1.26. The molecule has 0 saturated carbocycles. The van der Waals surface area contributed by atoms with E-state index >= 15 is 0 Å². The molecule has 0 aliphatic carbocycles. The number of hydrogen-bond donors (Lipinski definition) is 1. The number of rotatable bonds is 4. The molecule has 2 aromatic rings. The zero-order chi connectivity index (χ0) is 11.5. The Labute approximate surface area is 99.0 Å². The Morgan fingerprint density at radius 1 is 1.50 bits per heavy atom. The van der Waals surface area contributed by atoms with E-state index in [1.807, 2.05) is 10.7 Å². The summed E-state index contributed by atoms with van der Waals surface area (Å²) in [5, 5.41) is 4.58. The van der Waals surface area contributed by atoms with Crippen LogP contribution >= 0.6 is 11.6 Å². The SMILES string of the molecule is CCCn1nccc1C(N)c1ccc(Cl)o1. The summed E-state index contributed by atoms with van der Waals surface area (Å²) in [5.41, 5.74) is 7.03. The largest absolute Gasteiger partial charge is 0.448 e. The van der Waals surface area contributed by atoms with E-state index in [9.17, 15) is 0 Å². The summed E-state index contributed by atoms with van der Waals surface area (Å²) < 4.78 is 7.19. The van der Waals surface area contributed by atoms with E-state index in [0.717, 1.165) is 18.7 Å². The minimum absolute atomic E-state index is 0.318. The highest BCUT2D eigenvalue weighted by Gasteiger charge is 2.16. The molecule has 0 amide bonds. The summed E-state index contributed by atoms with van der Waals surface area (Å²) in [5.74, 6) is 0.655. The molecule has 2 rings (SSSR count). The molecule has 5 heteroatoms. The zero-order valence-corrected chi connectivity index (χ0v) is 9.81. The van der Waals surface area contributed by atoms with Crippen molar-refractivity contribution in [3.63, 3.8) is 0 Å². The van der Waals surface area contributed by atoms with Crippen LogP contribution in [0.25, 0.3) is 0 Å². The number of nitrogens with two attached hydrogens (primary N) is 1. The van der Waals surface area contributed by atoms with Gasteiger partial charge in [0.1, 0.15) is 11.8 Å². The lowest BCUT2D eigenvalue weighted by molar-refractivity contribution is 0.469. The monoisotopic (exact) mass is 239 g/mol. The Morgan fingerprint density at radius 3 is 2.94 bits per heavy atom. The van der Waals surface area contributed by atoms with Gasteiger partial charge in [-0.1, -0.05) is 6.92 Å². The molecule has 4 nitrogen and oxygen atoms in total. The smallest absolute Gasteiger partial charge is 0.193 e. The Bertz CT molecular complexity index is 463. The van der Waals surface area contributed by atoms with Gasteiger partial charge in [-0.15, -0.1) is 0 Å². The van der Waals surface area contributed by atoms with Gasteiger partial charge in [0.15, 0.2) is 5.22 Å². The average Bonchev–Trinajstić information content (AvgIpc) is 2.87. The Morgan fingerprint density at radius 2 is 2.31 bits per heavy atom. The molecule has 1 unspecified atom stereocenters. The zero-order valence-electron chi connectivity index (χ0n) is 9.06. The lowest BCUT2D eigenvalue weighted by atomic mass is 10.1. The van der Waals surface area contributed by atoms with Gasteiger partial charge in [0.2, 0.25) is 0 Å². The van der Waals surface area contributed by atoms with Crippen molar-refractivity contribution in [3.05, 3.63) is 41.1 Å². The maximum absolute atomic E-state index is 6.09. The number of halogens is 1. The molecule has 0 fully saturated rings. The van der Waals surface area contributed by atoms with Gasteiger partial charge in [-0.05, 0) is 36.2 Å². The van der Waals surface area contributed by atoms with Gasteiger partial charge in [-0.2, -0.15) is 5.10 Å². The molecule has 2 N–H and O–H groups in total. The molecule has 1 atom stereocenters. The van der Waals surface area contributed by atoms with Crippen LogP contribution in [0.5, 0.6) is 0 Å². The van der Waals surface area contributed by atoms with Crippen LogP contribution in [-0.4, -0.2) is 9.78 Å². The molecule has 0 bridgehead atoms. The lowest BCUT2D eigenvalue weighted by Gasteiger charge is -2.11. The molecule has 0 aliphatic rings. The quantitative estimate of drug-likeness (QED) is 0.892. The first kappa shape index (κ1) is 11.2. The van der Waals surface area contributed by atoms with Gasteiger partial charge in [-0.25, -0.2) is 0 Å². The summed E-state index contributed by atoms with van der Waals surface area (Å²) in [6, 6.07) is 5.06. The molecule has 0 spiro atoms. The highest BCUT2D eigenvalue weighted by atomic mass is 35.5. The van der Waals surface area contributed by atoms with Gasteiger partial charge in [-0.3, -0.25) is 4.68 Å². The van der Waals surface area contributed by atoms with Crippen LogP contribution < -0.4 is 5.73 Å². The molecule has 2 aromatic heterocycles. The second-order valence-corrected chi connectivity index (χ2v) is 3.97. The maximum Gasteiger partial charge on any atom is 0.193 e. The number of furan rings is 1. The fraction of sp³-hybridized carbons (Fsp3) is 0.364. The first-order chi connectivity index (χ1) is 7.72. The van der Waals surface area contributed by atoms with Crippen molar-refractivity contribution in [2.75, 3.05) is 0 Å². The number of nitrogens with zero attached hydrogens (tertiary/aromatic N) is 2. The first-order valence-electron chi connectivity index (χ1n) is 5.25. The van der Waals surface area contributed by atoms with Crippen molar-refractivity contribution < 1.29 is 4.42 Å². The highest BCUT2D eigenvalue weighted by Crippen LogP contribution is 2.23. The van der Waals surface area contributed by atoms with Gasteiger partial charge < -0.3 is 10.2 Å². The van der Waals surface area contributed by atoms with Gasteiger partial charge in [0, 0.05) is 12.7 Å². The van der Waals surface area contributed by atoms with Crippen molar-refractivity contribution in [2.24, 2.45) is 5.73 Å². The predicted octanol–water partition coefficient (Wildman–Crippen LogP) is 2.59. The standard InChI is InChI=1S/C11H14ClN3O/c1-2-7-15-8(5-6-14-15)11(13)9-3-4-10(12)16-9/h3-6,11H,2,7,13H2,1H3. The second kappa shape index (κ2) is 4.72. The van der Waals surface area contributed by atoms with Gasteiger partial charge in [0.05, 0.1) is 5.69 Å². The third kappa shape index (κ3) is 2.13. The minimum Gasteiger partial charge on any atom is -0.448 e. The van der Waals surface area contributed by atoms with Crippen LogP contribution in [0.1, 0.15) is 30.8 Å². The van der Waals surface area contributed by atoms with E-state index in [0.29, 0.717) is 11.0 Å². The van der Waals surface area contributed by atoms with E-state index < -0.39 is 0 Å². The number of aromatic nitrogens is 2. The molecular weight excluding hydrogens is 226 g/mol. The molecule has 0 saturated heterocycles. The third-order valence-corrected chi connectivity index (χ3v) is 2.61. The fourth-order valence-electron chi connectivity index (χ4n) is 1.65. The van der Waals surface area contributed by atoms with Gasteiger partial charge in [0.25, 0.3) is 0 Å². The van der Waals surface area contributed by atoms with E-state index in [1.54, 1.807) is 18.3 Å². The average molecular weight is 240 g/mol. The fourth-order valence-corrected chi connectivity index (χ4v) is 1.80.